The molecule has 0 spiro atoms. The molecular formula is C28H36O4. The maximum Gasteiger partial charge on any atom is 0.309 e. The molecule has 0 N–H and O–H groups in total. The van der Waals surface area contributed by atoms with E-state index in [-0.39, 0.29) is 23.8 Å². The third kappa shape index (κ3) is 5.79. The highest BCUT2D eigenvalue weighted by Gasteiger charge is 2.46. The first-order valence-corrected chi connectivity index (χ1v) is 11.7. The Balaban J connectivity index is 0.000000181. The van der Waals surface area contributed by atoms with Crippen LogP contribution in [-0.2, 0) is 19.1 Å². The fraction of sp³-hybridized carbons (Fsp3) is 0.500. The van der Waals surface area contributed by atoms with Crippen LogP contribution in [0.3, 0.4) is 0 Å². The van der Waals surface area contributed by atoms with Gasteiger partial charge in [-0.3, -0.25) is 9.59 Å². The SMILES string of the molecule is CCOC(=O)C1CC1c1ccc(C)cc1C.CCOC(=O)C1CC1c1ccc(C)cc1C. The largest absolute Gasteiger partial charge is 0.466 e. The summed E-state index contributed by atoms with van der Waals surface area (Å²) in [5, 5.41) is 0. The van der Waals surface area contributed by atoms with Crippen LogP contribution in [-0.4, -0.2) is 25.2 Å². The second-order valence-corrected chi connectivity index (χ2v) is 9.12. The molecule has 2 saturated carbocycles. The lowest BCUT2D eigenvalue weighted by Gasteiger charge is -2.06. The van der Waals surface area contributed by atoms with E-state index in [4.69, 9.17) is 9.47 Å². The summed E-state index contributed by atoms with van der Waals surface area (Å²) in [5.41, 5.74) is 7.74. The molecule has 0 aliphatic heterocycles. The first-order chi connectivity index (χ1) is 15.3. The molecule has 2 aliphatic carbocycles. The van der Waals surface area contributed by atoms with Gasteiger partial charge in [-0.2, -0.15) is 0 Å². The van der Waals surface area contributed by atoms with Crippen molar-refractivity contribution >= 4 is 11.9 Å². The summed E-state index contributed by atoms with van der Waals surface area (Å²) < 4.78 is 10.1. The van der Waals surface area contributed by atoms with Crippen molar-refractivity contribution in [3.63, 3.8) is 0 Å². The Morgan fingerprint density at radius 1 is 0.719 bits per heavy atom. The predicted molar refractivity (Wildman–Crippen MR) is 127 cm³/mol. The second-order valence-electron chi connectivity index (χ2n) is 9.12. The number of carbonyl (C=O) groups excluding carboxylic acids is 2. The number of rotatable bonds is 6. The zero-order valence-electron chi connectivity index (χ0n) is 20.2. The summed E-state index contributed by atoms with van der Waals surface area (Å²) in [6.45, 7) is 13.1. The Labute approximate surface area is 192 Å². The van der Waals surface area contributed by atoms with Crippen LogP contribution in [0.15, 0.2) is 36.4 Å². The van der Waals surface area contributed by atoms with E-state index in [0.29, 0.717) is 25.0 Å². The molecule has 4 unspecified atom stereocenters. The molecule has 2 aliphatic rings. The number of hydrogen-bond donors (Lipinski definition) is 0. The lowest BCUT2D eigenvalue weighted by atomic mass is 10.0. The Morgan fingerprint density at radius 3 is 1.41 bits per heavy atom. The highest BCUT2D eigenvalue weighted by molar-refractivity contribution is 5.78. The van der Waals surface area contributed by atoms with Crippen molar-refractivity contribution in [2.45, 2.75) is 66.2 Å². The average Bonchev–Trinajstić information content (AvgIpc) is 3.63. The minimum atomic E-state index is -0.0347. The Bertz CT molecular complexity index is 898. The van der Waals surface area contributed by atoms with Gasteiger partial charge in [0.1, 0.15) is 0 Å². The summed E-state index contributed by atoms with van der Waals surface area (Å²) in [6, 6.07) is 12.9. The van der Waals surface area contributed by atoms with Gasteiger partial charge in [-0.1, -0.05) is 47.5 Å². The zero-order chi connectivity index (χ0) is 23.4. The van der Waals surface area contributed by atoms with Crippen LogP contribution in [0.1, 0.15) is 71.9 Å². The average molecular weight is 437 g/mol. The van der Waals surface area contributed by atoms with E-state index in [1.54, 1.807) is 0 Å². The van der Waals surface area contributed by atoms with Crippen molar-refractivity contribution < 1.29 is 19.1 Å². The minimum Gasteiger partial charge on any atom is -0.466 e. The predicted octanol–water partition coefficient (Wildman–Crippen LogP) is 5.94. The fourth-order valence-electron chi connectivity index (χ4n) is 4.58. The van der Waals surface area contributed by atoms with Crippen molar-refractivity contribution in [2.75, 3.05) is 13.2 Å². The molecule has 4 nitrogen and oxygen atoms in total. The minimum absolute atomic E-state index is 0.0347. The number of esters is 2. The summed E-state index contributed by atoms with van der Waals surface area (Å²) >= 11 is 0. The van der Waals surface area contributed by atoms with Gasteiger partial charge in [-0.15, -0.1) is 0 Å². The quantitative estimate of drug-likeness (QED) is 0.526. The van der Waals surface area contributed by atoms with Crippen molar-refractivity contribution in [2.24, 2.45) is 11.8 Å². The van der Waals surface area contributed by atoms with Crippen LogP contribution in [0, 0.1) is 39.5 Å². The standard InChI is InChI=1S/2C14H18O2/c2*1-4-16-14(15)13-8-12(13)11-6-5-9(2)7-10(11)3/h2*5-7,12-13H,4,8H2,1-3H3. The molecule has 2 aromatic rings. The number of benzene rings is 2. The van der Waals surface area contributed by atoms with E-state index in [2.05, 4.69) is 64.1 Å². The third-order valence-corrected chi connectivity index (χ3v) is 6.41. The highest BCUT2D eigenvalue weighted by Crippen LogP contribution is 2.50. The first-order valence-electron chi connectivity index (χ1n) is 11.7. The van der Waals surface area contributed by atoms with Crippen LogP contribution in [0.2, 0.25) is 0 Å². The topological polar surface area (TPSA) is 52.6 Å². The van der Waals surface area contributed by atoms with Gasteiger partial charge in [0.2, 0.25) is 0 Å². The van der Waals surface area contributed by atoms with Crippen molar-refractivity contribution in [3.8, 4) is 0 Å². The van der Waals surface area contributed by atoms with Crippen LogP contribution < -0.4 is 0 Å². The van der Waals surface area contributed by atoms with E-state index in [9.17, 15) is 9.59 Å². The number of hydrogen-bond acceptors (Lipinski definition) is 4. The Kier molecular flexibility index (Phi) is 7.76. The maximum atomic E-state index is 11.5. The molecule has 0 bridgehead atoms. The van der Waals surface area contributed by atoms with Gasteiger partial charge in [0.25, 0.3) is 0 Å². The van der Waals surface area contributed by atoms with Crippen molar-refractivity contribution in [1.29, 1.82) is 0 Å². The molecule has 2 aromatic carbocycles. The molecule has 2 fully saturated rings. The maximum absolute atomic E-state index is 11.5. The molecule has 0 aromatic heterocycles. The van der Waals surface area contributed by atoms with Gasteiger partial charge in [-0.25, -0.2) is 0 Å². The normalized spacial score (nSPS) is 22.9. The highest BCUT2D eigenvalue weighted by atomic mass is 16.5. The molecule has 0 saturated heterocycles. The summed E-state index contributed by atoms with van der Waals surface area (Å²) in [7, 11) is 0. The number of carbonyl (C=O) groups is 2. The molecule has 0 amide bonds. The lowest BCUT2D eigenvalue weighted by Crippen LogP contribution is -2.07. The van der Waals surface area contributed by atoms with Gasteiger partial charge in [0.05, 0.1) is 25.0 Å². The van der Waals surface area contributed by atoms with E-state index in [1.165, 1.54) is 33.4 Å². The van der Waals surface area contributed by atoms with Crippen LogP contribution >= 0.6 is 0 Å². The third-order valence-electron chi connectivity index (χ3n) is 6.41. The van der Waals surface area contributed by atoms with Gasteiger partial charge < -0.3 is 9.47 Å². The van der Waals surface area contributed by atoms with E-state index in [1.807, 2.05) is 13.8 Å². The van der Waals surface area contributed by atoms with Crippen molar-refractivity contribution in [1.82, 2.24) is 0 Å². The molecule has 172 valence electrons. The number of aryl methyl sites for hydroxylation is 4. The molecular weight excluding hydrogens is 400 g/mol. The first kappa shape index (κ1) is 24.0. The summed E-state index contributed by atoms with van der Waals surface area (Å²) in [6.07, 6.45) is 1.89. The van der Waals surface area contributed by atoms with Crippen LogP contribution in [0.5, 0.6) is 0 Å². The number of ether oxygens (including phenoxy) is 2. The van der Waals surface area contributed by atoms with Crippen molar-refractivity contribution in [3.05, 3.63) is 69.8 Å². The Morgan fingerprint density at radius 2 is 1.09 bits per heavy atom. The molecule has 4 rings (SSSR count). The van der Waals surface area contributed by atoms with Crippen LogP contribution in [0.4, 0.5) is 0 Å². The van der Waals surface area contributed by atoms with E-state index < -0.39 is 0 Å². The zero-order valence-corrected chi connectivity index (χ0v) is 20.2. The molecule has 4 atom stereocenters. The molecule has 4 heteroatoms. The van der Waals surface area contributed by atoms with E-state index >= 15 is 0 Å². The fourth-order valence-corrected chi connectivity index (χ4v) is 4.58. The Hall–Kier alpha value is -2.62. The smallest absolute Gasteiger partial charge is 0.309 e. The van der Waals surface area contributed by atoms with Gasteiger partial charge in [0.15, 0.2) is 0 Å². The summed E-state index contributed by atoms with van der Waals surface area (Å²) in [5.74, 6) is 0.905. The van der Waals surface area contributed by atoms with Gasteiger partial charge in [0, 0.05) is 0 Å². The van der Waals surface area contributed by atoms with Crippen LogP contribution in [0.25, 0.3) is 0 Å². The molecule has 32 heavy (non-hydrogen) atoms. The molecule has 0 radical (unpaired) electrons. The lowest BCUT2D eigenvalue weighted by molar-refractivity contribution is -0.145. The van der Waals surface area contributed by atoms with Gasteiger partial charge >= 0.3 is 11.9 Å². The second kappa shape index (κ2) is 10.3. The van der Waals surface area contributed by atoms with Gasteiger partial charge in [-0.05, 0) is 88.5 Å². The monoisotopic (exact) mass is 436 g/mol. The molecule has 0 heterocycles. The van der Waals surface area contributed by atoms with E-state index in [0.717, 1.165) is 12.8 Å². The summed E-state index contributed by atoms with van der Waals surface area (Å²) in [4.78, 5) is 23.1.